The topological polar surface area (TPSA) is 50.7 Å². The molecule has 1 aromatic rings. The molecule has 0 amide bonds. The lowest BCUT2D eigenvalue weighted by Gasteiger charge is -2.13. The molecule has 0 saturated carbocycles. The molecule has 0 saturated heterocycles. The molecule has 19 heavy (non-hydrogen) atoms. The van der Waals surface area contributed by atoms with Crippen LogP contribution in [0, 0.1) is 27.7 Å². The van der Waals surface area contributed by atoms with Gasteiger partial charge in [-0.2, -0.15) is 5.10 Å². The van der Waals surface area contributed by atoms with E-state index in [4.69, 9.17) is 4.74 Å². The maximum atomic E-state index is 11.4. The summed E-state index contributed by atoms with van der Waals surface area (Å²) in [7, 11) is 0. The van der Waals surface area contributed by atoms with E-state index in [1.165, 1.54) is 16.7 Å². The molecule has 4 nitrogen and oxygen atoms in total. The van der Waals surface area contributed by atoms with Crippen LogP contribution in [-0.2, 0) is 9.53 Å². The third-order valence-electron chi connectivity index (χ3n) is 3.40. The first-order valence-corrected chi connectivity index (χ1v) is 6.43. The van der Waals surface area contributed by atoms with Crippen molar-refractivity contribution in [3.63, 3.8) is 0 Å². The van der Waals surface area contributed by atoms with Gasteiger partial charge in [-0.15, -0.1) is 0 Å². The number of hydrogen-bond donors (Lipinski definition) is 1. The summed E-state index contributed by atoms with van der Waals surface area (Å²) in [4.78, 5) is 11.4. The van der Waals surface area contributed by atoms with Gasteiger partial charge in [0.25, 0.3) is 0 Å². The van der Waals surface area contributed by atoms with E-state index in [1.54, 1.807) is 13.8 Å². The number of carbonyl (C=O) groups is 1. The third-order valence-corrected chi connectivity index (χ3v) is 3.40. The second-order valence-corrected chi connectivity index (χ2v) is 4.65. The number of hydrazone groups is 1. The number of esters is 1. The van der Waals surface area contributed by atoms with E-state index in [9.17, 15) is 4.79 Å². The molecule has 0 bridgehead atoms. The van der Waals surface area contributed by atoms with Crippen molar-refractivity contribution in [3.05, 3.63) is 28.3 Å². The first-order chi connectivity index (χ1) is 8.88. The van der Waals surface area contributed by atoms with Crippen molar-refractivity contribution in [1.29, 1.82) is 0 Å². The van der Waals surface area contributed by atoms with Crippen LogP contribution in [0.5, 0.6) is 0 Å². The number of aryl methyl sites for hydroxylation is 1. The van der Waals surface area contributed by atoms with Crippen LogP contribution in [0.15, 0.2) is 11.2 Å². The van der Waals surface area contributed by atoms with E-state index in [0.29, 0.717) is 12.3 Å². The van der Waals surface area contributed by atoms with Crippen molar-refractivity contribution in [2.45, 2.75) is 41.5 Å². The molecule has 0 heterocycles. The van der Waals surface area contributed by atoms with E-state index in [1.807, 2.05) is 13.0 Å². The number of anilines is 1. The number of rotatable bonds is 4. The van der Waals surface area contributed by atoms with E-state index in [-0.39, 0.29) is 0 Å². The summed E-state index contributed by atoms with van der Waals surface area (Å²) < 4.78 is 4.88. The predicted molar refractivity (Wildman–Crippen MR) is 78.8 cm³/mol. The van der Waals surface area contributed by atoms with Gasteiger partial charge >= 0.3 is 5.97 Å². The first kappa shape index (κ1) is 15.2. The lowest BCUT2D eigenvalue weighted by atomic mass is 9.98. The van der Waals surface area contributed by atoms with Crippen LogP contribution in [0.4, 0.5) is 5.69 Å². The van der Waals surface area contributed by atoms with E-state index in [0.717, 1.165) is 11.3 Å². The summed E-state index contributed by atoms with van der Waals surface area (Å²) in [6.45, 7) is 12.1. The highest BCUT2D eigenvalue weighted by Gasteiger charge is 2.09. The molecule has 1 aromatic carbocycles. The number of benzene rings is 1. The maximum absolute atomic E-state index is 11.4. The van der Waals surface area contributed by atoms with Crippen molar-refractivity contribution >= 4 is 17.4 Å². The summed E-state index contributed by atoms with van der Waals surface area (Å²) >= 11 is 0. The minimum absolute atomic E-state index is 0.317. The fraction of sp³-hybridized carbons (Fsp3) is 0.467. The molecule has 4 heteroatoms. The Kier molecular flexibility index (Phi) is 5.10. The molecule has 0 spiro atoms. The van der Waals surface area contributed by atoms with Crippen LogP contribution in [0.25, 0.3) is 0 Å². The number of ether oxygens (including phenoxy) is 1. The highest BCUT2D eigenvalue weighted by atomic mass is 16.5. The van der Waals surface area contributed by atoms with E-state index in [2.05, 4.69) is 31.3 Å². The normalized spacial score (nSPS) is 11.4. The molecule has 0 atom stereocenters. The zero-order valence-corrected chi connectivity index (χ0v) is 12.5. The molecule has 1 rings (SSSR count). The van der Waals surface area contributed by atoms with Gasteiger partial charge in [-0.05, 0) is 69.9 Å². The Labute approximate surface area is 114 Å². The molecule has 0 aliphatic heterocycles. The highest BCUT2D eigenvalue weighted by molar-refractivity contribution is 6.35. The molecule has 0 fully saturated rings. The zero-order valence-electron chi connectivity index (χ0n) is 12.5. The average Bonchev–Trinajstić information content (AvgIpc) is 2.38. The molecule has 0 unspecified atom stereocenters. The molecule has 0 aromatic heterocycles. The minimum Gasteiger partial charge on any atom is -0.461 e. The Morgan fingerprint density at radius 2 is 1.84 bits per heavy atom. The monoisotopic (exact) mass is 262 g/mol. The quantitative estimate of drug-likeness (QED) is 0.514. The standard InChI is InChI=1S/C15H22N2O2/c1-7-19-15(18)13(6)16-17-14-8-9(2)10(3)11(4)12(14)5/h8,17H,7H2,1-6H3/b16-13-. The smallest absolute Gasteiger partial charge is 0.354 e. The van der Waals surface area contributed by atoms with Gasteiger partial charge in [-0.3, -0.25) is 5.43 Å². The maximum Gasteiger partial charge on any atom is 0.354 e. The van der Waals surface area contributed by atoms with Crippen LogP contribution in [0.2, 0.25) is 0 Å². The lowest BCUT2D eigenvalue weighted by molar-refractivity contribution is -0.135. The first-order valence-electron chi connectivity index (χ1n) is 6.43. The molecular formula is C15H22N2O2. The number of nitrogens with zero attached hydrogens (tertiary/aromatic N) is 1. The Hall–Kier alpha value is -1.84. The highest BCUT2D eigenvalue weighted by Crippen LogP contribution is 2.25. The number of nitrogens with one attached hydrogen (secondary N) is 1. The molecule has 0 radical (unpaired) electrons. The van der Waals surface area contributed by atoms with Gasteiger partial charge in [0.15, 0.2) is 0 Å². The largest absolute Gasteiger partial charge is 0.461 e. The zero-order chi connectivity index (χ0) is 14.6. The van der Waals surface area contributed by atoms with Crippen molar-refractivity contribution in [2.24, 2.45) is 5.10 Å². The van der Waals surface area contributed by atoms with Crippen molar-refractivity contribution in [3.8, 4) is 0 Å². The van der Waals surface area contributed by atoms with Gasteiger partial charge in [0.05, 0.1) is 12.3 Å². The Morgan fingerprint density at radius 1 is 1.21 bits per heavy atom. The van der Waals surface area contributed by atoms with E-state index < -0.39 is 5.97 Å². The molecular weight excluding hydrogens is 240 g/mol. The van der Waals surface area contributed by atoms with Crippen molar-refractivity contribution in [2.75, 3.05) is 12.0 Å². The number of hydrogen-bond acceptors (Lipinski definition) is 4. The Morgan fingerprint density at radius 3 is 2.42 bits per heavy atom. The van der Waals surface area contributed by atoms with Gasteiger partial charge in [-0.25, -0.2) is 4.79 Å². The summed E-state index contributed by atoms with van der Waals surface area (Å²) in [5, 5.41) is 4.08. The molecule has 104 valence electrons. The van der Waals surface area contributed by atoms with Crippen LogP contribution in [-0.4, -0.2) is 18.3 Å². The Balaban J connectivity index is 2.95. The van der Waals surface area contributed by atoms with Gasteiger partial charge in [0, 0.05) is 0 Å². The van der Waals surface area contributed by atoms with Gasteiger partial charge < -0.3 is 4.74 Å². The summed E-state index contributed by atoms with van der Waals surface area (Å²) in [6, 6.07) is 2.04. The molecule has 0 aliphatic rings. The van der Waals surface area contributed by atoms with Crippen LogP contribution in [0.1, 0.15) is 36.1 Å². The lowest BCUT2D eigenvalue weighted by Crippen LogP contribution is -2.15. The van der Waals surface area contributed by atoms with Crippen LogP contribution >= 0.6 is 0 Å². The van der Waals surface area contributed by atoms with Gasteiger partial charge in [-0.1, -0.05) is 0 Å². The van der Waals surface area contributed by atoms with Gasteiger partial charge in [0.1, 0.15) is 5.71 Å². The third kappa shape index (κ3) is 3.56. The average molecular weight is 262 g/mol. The molecule has 0 aliphatic carbocycles. The number of carbonyl (C=O) groups excluding carboxylic acids is 1. The van der Waals surface area contributed by atoms with Crippen LogP contribution < -0.4 is 5.43 Å². The predicted octanol–water partition coefficient (Wildman–Crippen LogP) is 3.27. The Bertz CT molecular complexity index is 519. The van der Waals surface area contributed by atoms with Crippen molar-refractivity contribution < 1.29 is 9.53 Å². The second-order valence-electron chi connectivity index (χ2n) is 4.65. The summed E-state index contributed by atoms with van der Waals surface area (Å²) in [6.07, 6.45) is 0. The molecule has 1 N–H and O–H groups in total. The van der Waals surface area contributed by atoms with Crippen LogP contribution in [0.3, 0.4) is 0 Å². The SMILES string of the molecule is CCOC(=O)/C(C)=N\Nc1cc(C)c(C)c(C)c1C. The summed E-state index contributed by atoms with van der Waals surface area (Å²) in [5.41, 5.74) is 9.06. The summed E-state index contributed by atoms with van der Waals surface area (Å²) in [5.74, 6) is -0.395. The fourth-order valence-corrected chi connectivity index (χ4v) is 1.75. The van der Waals surface area contributed by atoms with Gasteiger partial charge in [0.2, 0.25) is 0 Å². The fourth-order valence-electron chi connectivity index (χ4n) is 1.75. The second kappa shape index (κ2) is 6.36. The minimum atomic E-state index is -0.395. The van der Waals surface area contributed by atoms with E-state index >= 15 is 0 Å². The van der Waals surface area contributed by atoms with Crippen molar-refractivity contribution in [1.82, 2.24) is 0 Å².